The molecule has 2 aromatic rings. The van der Waals surface area contributed by atoms with Crippen LogP contribution in [0.4, 0.5) is 5.69 Å². The zero-order valence-electron chi connectivity index (χ0n) is 16.7. The van der Waals surface area contributed by atoms with Crippen LogP contribution in [-0.2, 0) is 40.8 Å². The first-order chi connectivity index (χ1) is 13.3. The number of anilines is 1. The molecule has 0 aliphatic heterocycles. The number of aromatic nitrogens is 2. The predicted molar refractivity (Wildman–Crippen MR) is 107 cm³/mol. The maximum atomic E-state index is 13.3. The molecule has 0 spiro atoms. The van der Waals surface area contributed by atoms with Crippen LogP contribution in [-0.4, -0.2) is 26.5 Å². The topological polar surface area (TPSA) is 84.2 Å². The van der Waals surface area contributed by atoms with E-state index in [0.29, 0.717) is 5.82 Å². The number of carboxylic acid groups (broad SMARTS) is 1. The van der Waals surface area contributed by atoms with E-state index in [1.54, 1.807) is 37.7 Å². The largest absolute Gasteiger partial charge is 0.479 e. The smallest absolute Gasteiger partial charge is 0.330 e. The van der Waals surface area contributed by atoms with Gasteiger partial charge in [-0.2, -0.15) is 0 Å². The number of amides is 1. The summed E-state index contributed by atoms with van der Waals surface area (Å²) < 4.78 is 1.58. The molecule has 1 heterocycles. The van der Waals surface area contributed by atoms with Crippen molar-refractivity contribution in [3.63, 3.8) is 0 Å². The first-order valence-corrected chi connectivity index (χ1v) is 10.0. The number of aryl methyl sites for hydroxylation is 3. The Labute approximate surface area is 165 Å². The number of rotatable bonds is 5. The van der Waals surface area contributed by atoms with E-state index in [0.717, 1.165) is 44.2 Å². The van der Waals surface area contributed by atoms with E-state index in [-0.39, 0.29) is 5.91 Å². The van der Waals surface area contributed by atoms with E-state index in [4.69, 9.17) is 0 Å². The molecule has 0 bridgehead atoms. The monoisotopic (exact) mass is 381 g/mol. The number of hydrogen-bond acceptors (Lipinski definition) is 3. The zero-order chi connectivity index (χ0) is 20.1. The zero-order valence-corrected chi connectivity index (χ0v) is 16.7. The number of nitrogens with one attached hydrogen (secondary N) is 1. The fourth-order valence-corrected chi connectivity index (χ4v) is 4.82. The maximum absolute atomic E-state index is 13.3. The molecule has 1 aromatic carbocycles. The van der Waals surface area contributed by atoms with Gasteiger partial charge in [0, 0.05) is 18.1 Å². The lowest BCUT2D eigenvalue weighted by atomic mass is 9.85. The second-order valence-corrected chi connectivity index (χ2v) is 8.24. The molecular weight excluding hydrogens is 354 g/mol. The maximum Gasteiger partial charge on any atom is 0.330 e. The molecule has 6 nitrogen and oxygen atoms in total. The molecule has 0 saturated carbocycles. The van der Waals surface area contributed by atoms with E-state index in [9.17, 15) is 14.7 Å². The molecule has 6 heteroatoms. The van der Waals surface area contributed by atoms with Gasteiger partial charge in [0.05, 0.1) is 5.92 Å². The Kier molecular flexibility index (Phi) is 4.52. The molecule has 4 rings (SSSR count). The van der Waals surface area contributed by atoms with Crippen molar-refractivity contribution in [2.75, 3.05) is 5.32 Å². The van der Waals surface area contributed by atoms with Crippen LogP contribution >= 0.6 is 0 Å². The number of carboxylic acids is 1. The fourth-order valence-electron chi connectivity index (χ4n) is 4.82. The fraction of sp³-hybridized carbons (Fsp3) is 0.500. The first kappa shape index (κ1) is 18.7. The Balaban J connectivity index is 1.69. The van der Waals surface area contributed by atoms with Gasteiger partial charge in [-0.05, 0) is 74.6 Å². The van der Waals surface area contributed by atoms with Crippen molar-refractivity contribution in [3.05, 3.63) is 46.5 Å². The van der Waals surface area contributed by atoms with Crippen molar-refractivity contribution < 1.29 is 14.7 Å². The van der Waals surface area contributed by atoms with Gasteiger partial charge in [-0.25, -0.2) is 9.78 Å². The summed E-state index contributed by atoms with van der Waals surface area (Å²) in [5, 5.41) is 13.1. The van der Waals surface area contributed by atoms with Crippen LogP contribution in [0.5, 0.6) is 0 Å². The average molecular weight is 381 g/mol. The summed E-state index contributed by atoms with van der Waals surface area (Å²) in [4.78, 5) is 29.6. The van der Waals surface area contributed by atoms with Crippen molar-refractivity contribution in [3.8, 4) is 0 Å². The number of carbonyl (C=O) groups is 2. The van der Waals surface area contributed by atoms with Gasteiger partial charge in [-0.3, -0.25) is 4.79 Å². The van der Waals surface area contributed by atoms with Gasteiger partial charge in [0.1, 0.15) is 5.82 Å². The van der Waals surface area contributed by atoms with Crippen molar-refractivity contribution in [2.24, 2.45) is 5.92 Å². The van der Waals surface area contributed by atoms with E-state index in [1.807, 2.05) is 0 Å². The molecule has 2 aliphatic rings. The lowest BCUT2D eigenvalue weighted by molar-refractivity contribution is -0.152. The Morgan fingerprint density at radius 3 is 2.29 bits per heavy atom. The SMILES string of the molecule is Cc1nccn1C(C)(C(=O)O)C(C)C(=O)Nc1c2c(cc3c1CCC3)CCC2. The molecular formula is C22H27N3O3. The minimum absolute atomic E-state index is 0.257. The van der Waals surface area contributed by atoms with Gasteiger partial charge in [0.15, 0.2) is 5.54 Å². The number of imidazole rings is 1. The number of hydrogen-bond donors (Lipinski definition) is 2. The second kappa shape index (κ2) is 6.76. The third kappa shape index (κ3) is 2.74. The van der Waals surface area contributed by atoms with Crippen LogP contribution in [0.1, 0.15) is 54.8 Å². The Morgan fingerprint density at radius 1 is 1.18 bits per heavy atom. The normalized spacial score (nSPS) is 18.2. The number of benzene rings is 1. The van der Waals surface area contributed by atoms with Crippen LogP contribution in [0.3, 0.4) is 0 Å². The lowest BCUT2D eigenvalue weighted by Crippen LogP contribution is -2.49. The summed E-state index contributed by atoms with van der Waals surface area (Å²) in [6, 6.07) is 2.32. The molecule has 2 atom stereocenters. The molecule has 0 fully saturated rings. The molecule has 2 aliphatic carbocycles. The highest BCUT2D eigenvalue weighted by Crippen LogP contribution is 2.39. The van der Waals surface area contributed by atoms with Crippen LogP contribution < -0.4 is 5.32 Å². The highest BCUT2D eigenvalue weighted by atomic mass is 16.4. The van der Waals surface area contributed by atoms with Crippen LogP contribution in [0.2, 0.25) is 0 Å². The summed E-state index contributed by atoms with van der Waals surface area (Å²) in [6.45, 7) is 5.03. The number of nitrogens with zero attached hydrogens (tertiary/aromatic N) is 2. The number of fused-ring (bicyclic) bond motifs is 2. The molecule has 0 saturated heterocycles. The van der Waals surface area contributed by atoms with Gasteiger partial charge in [0.25, 0.3) is 0 Å². The Hall–Kier alpha value is -2.63. The van der Waals surface area contributed by atoms with Crippen LogP contribution in [0.25, 0.3) is 0 Å². The summed E-state index contributed by atoms with van der Waals surface area (Å²) >= 11 is 0. The average Bonchev–Trinajstić information content (AvgIpc) is 3.40. The van der Waals surface area contributed by atoms with Crippen molar-refractivity contribution in [1.82, 2.24) is 9.55 Å². The van der Waals surface area contributed by atoms with Crippen LogP contribution in [0, 0.1) is 12.8 Å². The summed E-state index contributed by atoms with van der Waals surface area (Å²) in [6.07, 6.45) is 9.48. The van der Waals surface area contributed by atoms with Crippen molar-refractivity contribution in [1.29, 1.82) is 0 Å². The minimum atomic E-state index is -1.41. The van der Waals surface area contributed by atoms with E-state index >= 15 is 0 Å². The van der Waals surface area contributed by atoms with Gasteiger partial charge in [-0.15, -0.1) is 0 Å². The summed E-state index contributed by atoms with van der Waals surface area (Å²) in [5.74, 6) is -1.49. The van der Waals surface area contributed by atoms with E-state index < -0.39 is 17.4 Å². The van der Waals surface area contributed by atoms with E-state index in [2.05, 4.69) is 16.4 Å². The number of aliphatic carboxylic acids is 1. The van der Waals surface area contributed by atoms with Gasteiger partial charge in [0.2, 0.25) is 5.91 Å². The van der Waals surface area contributed by atoms with Gasteiger partial charge in [-0.1, -0.05) is 13.0 Å². The van der Waals surface area contributed by atoms with Crippen molar-refractivity contribution in [2.45, 2.75) is 64.8 Å². The van der Waals surface area contributed by atoms with Gasteiger partial charge >= 0.3 is 5.97 Å². The standard InChI is InChI=1S/C22H27N3O3/c1-13(22(3,21(27)28)25-11-10-23-14(25)2)20(26)24-19-17-8-4-6-15(17)12-16-7-5-9-18(16)19/h10-13H,4-9H2,1-3H3,(H,24,26)(H,27,28). The second-order valence-electron chi connectivity index (χ2n) is 8.24. The summed E-state index contributed by atoms with van der Waals surface area (Å²) in [7, 11) is 0. The molecule has 28 heavy (non-hydrogen) atoms. The van der Waals surface area contributed by atoms with Crippen LogP contribution in [0.15, 0.2) is 18.5 Å². The minimum Gasteiger partial charge on any atom is -0.479 e. The Bertz CT molecular complexity index is 930. The highest BCUT2D eigenvalue weighted by molar-refractivity contribution is 5.98. The van der Waals surface area contributed by atoms with Crippen molar-refractivity contribution >= 4 is 17.6 Å². The third-order valence-corrected chi connectivity index (χ3v) is 6.72. The molecule has 2 N–H and O–H groups in total. The predicted octanol–water partition coefficient (Wildman–Crippen LogP) is 3.24. The third-order valence-electron chi connectivity index (χ3n) is 6.72. The molecule has 2 unspecified atom stereocenters. The molecule has 1 aromatic heterocycles. The summed E-state index contributed by atoms with van der Waals surface area (Å²) in [5.41, 5.74) is 4.72. The molecule has 0 radical (unpaired) electrons. The number of carbonyl (C=O) groups excluding carboxylic acids is 1. The quantitative estimate of drug-likeness (QED) is 0.833. The van der Waals surface area contributed by atoms with Gasteiger partial charge < -0.3 is 15.0 Å². The Morgan fingerprint density at radius 2 is 1.79 bits per heavy atom. The lowest BCUT2D eigenvalue weighted by Gasteiger charge is -2.33. The highest BCUT2D eigenvalue weighted by Gasteiger charge is 2.45. The van der Waals surface area contributed by atoms with E-state index in [1.165, 1.54) is 22.3 Å². The molecule has 148 valence electrons. The first-order valence-electron chi connectivity index (χ1n) is 10.0. The molecule has 1 amide bonds.